The Morgan fingerprint density at radius 3 is 2.67 bits per heavy atom. The van der Waals surface area contributed by atoms with Gasteiger partial charge < -0.3 is 14.8 Å². The predicted molar refractivity (Wildman–Crippen MR) is 78.3 cm³/mol. The zero-order valence-corrected chi connectivity index (χ0v) is 13.1. The van der Waals surface area contributed by atoms with E-state index in [1.165, 1.54) is 37.3 Å². The first kappa shape index (κ1) is 18.0. The summed E-state index contributed by atoms with van der Waals surface area (Å²) >= 11 is -0.811. The summed E-state index contributed by atoms with van der Waals surface area (Å²) in [6.07, 6.45) is 2.70. The van der Waals surface area contributed by atoms with Crippen molar-refractivity contribution in [3.05, 3.63) is 17.5 Å². The summed E-state index contributed by atoms with van der Waals surface area (Å²) in [5.74, 6) is 0. The van der Waals surface area contributed by atoms with Gasteiger partial charge in [-0.05, 0) is 56.0 Å². The lowest BCUT2D eigenvalue weighted by atomic mass is 10.1. The van der Waals surface area contributed by atoms with Crippen LogP contribution in [0.1, 0.15) is 12.8 Å². The molecule has 2 unspecified atom stereocenters. The quantitative estimate of drug-likeness (QED) is 0.845. The largest absolute Gasteiger partial charge is 0.768 e. The van der Waals surface area contributed by atoms with Gasteiger partial charge in [-0.1, -0.05) is 6.07 Å². The second-order valence-corrected chi connectivity index (χ2v) is 6.17. The normalized spacial score (nSPS) is 21.4. The summed E-state index contributed by atoms with van der Waals surface area (Å²) in [6.45, 7) is 2.49. The molecule has 2 heterocycles. The van der Waals surface area contributed by atoms with Crippen molar-refractivity contribution in [3.63, 3.8) is 0 Å². The monoisotopic (exact) mass is 311 g/mol. The fourth-order valence-electron chi connectivity index (χ4n) is 1.76. The molecule has 1 fully saturated rings. The molecule has 18 heavy (non-hydrogen) atoms. The van der Waals surface area contributed by atoms with Gasteiger partial charge in [-0.3, -0.25) is 4.21 Å². The van der Waals surface area contributed by atoms with Gasteiger partial charge >= 0.3 is 0 Å². The standard InChI is InChI=1S/C7H16N2.C4H4O2S2.ClH/c1-8-7-4-3-5-9(2)6-7;5-8(6)4-2-1-3-7-4;/h7-8H,3-6H2,1-2H3;1-3H,(H,5,6);1H/p-1. The number of hydrogen-bond acceptors (Lipinski definition) is 5. The Bertz CT molecular complexity index is 336. The Morgan fingerprint density at radius 2 is 2.33 bits per heavy atom. The van der Waals surface area contributed by atoms with Crippen molar-refractivity contribution in [2.45, 2.75) is 23.1 Å². The molecule has 0 aromatic carbocycles. The molecular formula is C11H20ClN2O2S2-. The summed E-state index contributed by atoms with van der Waals surface area (Å²) in [5.41, 5.74) is 0. The van der Waals surface area contributed by atoms with Crippen molar-refractivity contribution in [2.24, 2.45) is 0 Å². The van der Waals surface area contributed by atoms with E-state index in [1.54, 1.807) is 17.5 Å². The molecule has 2 rings (SSSR count). The fourth-order valence-corrected chi connectivity index (χ4v) is 2.88. The zero-order chi connectivity index (χ0) is 12.7. The molecule has 4 nitrogen and oxygen atoms in total. The van der Waals surface area contributed by atoms with Crippen LogP contribution in [0.4, 0.5) is 0 Å². The van der Waals surface area contributed by atoms with E-state index in [2.05, 4.69) is 17.3 Å². The second-order valence-electron chi connectivity index (χ2n) is 4.06. The maximum Gasteiger partial charge on any atom is 0.0771 e. The number of piperidine rings is 1. The molecule has 2 atom stereocenters. The molecule has 1 N–H and O–H groups in total. The van der Waals surface area contributed by atoms with Crippen LogP contribution in [0.15, 0.2) is 21.7 Å². The Labute approximate surface area is 121 Å². The van der Waals surface area contributed by atoms with Gasteiger partial charge in [-0.15, -0.1) is 23.7 Å². The summed E-state index contributed by atoms with van der Waals surface area (Å²) in [6, 6.07) is 4.01. The van der Waals surface area contributed by atoms with Crippen LogP contribution in [0.25, 0.3) is 0 Å². The van der Waals surface area contributed by atoms with Gasteiger partial charge in [0, 0.05) is 12.6 Å². The number of nitrogens with zero attached hydrogens (tertiary/aromatic N) is 1. The summed E-state index contributed by atoms with van der Waals surface area (Å²) in [7, 11) is 4.23. The molecule has 0 radical (unpaired) electrons. The zero-order valence-electron chi connectivity index (χ0n) is 10.6. The van der Waals surface area contributed by atoms with E-state index in [9.17, 15) is 8.76 Å². The smallest absolute Gasteiger partial charge is 0.0771 e. The van der Waals surface area contributed by atoms with Gasteiger partial charge in [0.05, 0.1) is 4.21 Å². The summed E-state index contributed by atoms with van der Waals surface area (Å²) in [4.78, 5) is 2.38. The number of nitrogens with one attached hydrogen (secondary N) is 1. The van der Waals surface area contributed by atoms with Gasteiger partial charge in [0.15, 0.2) is 0 Å². The number of likely N-dealkylation sites (tertiary alicyclic amines) is 1. The summed E-state index contributed by atoms with van der Waals surface area (Å²) in [5, 5.41) is 5.02. The fraction of sp³-hybridized carbons (Fsp3) is 0.636. The number of rotatable bonds is 2. The van der Waals surface area contributed by atoms with Gasteiger partial charge in [-0.2, -0.15) is 0 Å². The van der Waals surface area contributed by atoms with Crippen molar-refractivity contribution in [1.82, 2.24) is 10.2 Å². The third-order valence-electron chi connectivity index (χ3n) is 2.69. The lowest BCUT2D eigenvalue weighted by molar-refractivity contribution is 0.234. The van der Waals surface area contributed by atoms with Crippen LogP contribution < -0.4 is 5.32 Å². The number of likely N-dealkylation sites (N-methyl/N-ethyl adjacent to an activating group) is 2. The van der Waals surface area contributed by atoms with Crippen LogP contribution in [-0.4, -0.2) is 46.9 Å². The number of hydrogen-bond donors (Lipinski definition) is 1. The van der Waals surface area contributed by atoms with Crippen LogP contribution in [0.2, 0.25) is 0 Å². The van der Waals surface area contributed by atoms with Crippen molar-refractivity contribution < 1.29 is 8.76 Å². The van der Waals surface area contributed by atoms with Gasteiger partial charge in [0.2, 0.25) is 0 Å². The van der Waals surface area contributed by atoms with E-state index in [0.717, 1.165) is 6.04 Å². The lowest BCUT2D eigenvalue weighted by Crippen LogP contribution is -2.42. The van der Waals surface area contributed by atoms with Gasteiger partial charge in [0.25, 0.3) is 0 Å². The third kappa shape index (κ3) is 6.82. The maximum atomic E-state index is 10.1. The Hall–Kier alpha value is 0.0200. The van der Waals surface area contributed by atoms with E-state index >= 15 is 0 Å². The average Bonchev–Trinajstić information content (AvgIpc) is 2.83. The maximum absolute atomic E-state index is 10.1. The highest BCUT2D eigenvalue weighted by Crippen LogP contribution is 2.10. The van der Waals surface area contributed by atoms with E-state index in [-0.39, 0.29) is 12.4 Å². The highest BCUT2D eigenvalue weighted by molar-refractivity contribution is 7.81. The second kappa shape index (κ2) is 9.89. The Morgan fingerprint density at radius 1 is 1.61 bits per heavy atom. The van der Waals surface area contributed by atoms with Crippen molar-refractivity contribution in [1.29, 1.82) is 0 Å². The van der Waals surface area contributed by atoms with Crippen LogP contribution in [0.3, 0.4) is 0 Å². The van der Waals surface area contributed by atoms with Crippen LogP contribution in [-0.2, 0) is 11.1 Å². The molecule has 0 spiro atoms. The number of halogens is 1. The first-order valence-corrected chi connectivity index (χ1v) is 7.57. The molecule has 1 aliphatic rings. The molecule has 0 aliphatic carbocycles. The molecule has 1 aromatic rings. The molecule has 0 amide bonds. The minimum atomic E-state index is -2.03. The molecule has 7 heteroatoms. The van der Waals surface area contributed by atoms with Gasteiger partial charge in [-0.25, -0.2) is 0 Å². The molecular weight excluding hydrogens is 292 g/mol. The molecule has 1 saturated heterocycles. The minimum absolute atomic E-state index is 0. The van der Waals surface area contributed by atoms with E-state index in [0.29, 0.717) is 4.21 Å². The summed E-state index contributed by atoms with van der Waals surface area (Å²) < 4.78 is 20.5. The highest BCUT2D eigenvalue weighted by Gasteiger charge is 2.13. The lowest BCUT2D eigenvalue weighted by Gasteiger charge is -2.29. The predicted octanol–water partition coefficient (Wildman–Crippen LogP) is 1.71. The highest BCUT2D eigenvalue weighted by atomic mass is 35.5. The first-order chi connectivity index (χ1) is 8.13. The molecule has 0 bridgehead atoms. The van der Waals surface area contributed by atoms with Crippen molar-refractivity contribution in [2.75, 3.05) is 27.2 Å². The molecule has 0 saturated carbocycles. The Balaban J connectivity index is 0.000000306. The SMILES string of the molecule is CNC1CCCN(C)C1.Cl.O=S([O-])c1cccs1. The first-order valence-electron chi connectivity index (χ1n) is 5.62. The van der Waals surface area contributed by atoms with Crippen LogP contribution in [0.5, 0.6) is 0 Å². The van der Waals surface area contributed by atoms with Crippen LogP contribution in [0, 0.1) is 0 Å². The minimum Gasteiger partial charge on any atom is -0.768 e. The van der Waals surface area contributed by atoms with Crippen LogP contribution >= 0.6 is 23.7 Å². The molecule has 106 valence electrons. The third-order valence-corrected chi connectivity index (χ3v) is 4.52. The van der Waals surface area contributed by atoms with Gasteiger partial charge in [0.1, 0.15) is 0 Å². The number of thiophene rings is 1. The topological polar surface area (TPSA) is 55.4 Å². The van der Waals surface area contributed by atoms with E-state index in [1.807, 2.05) is 7.05 Å². The Kier molecular flexibility index (Phi) is 9.90. The average molecular weight is 312 g/mol. The van der Waals surface area contributed by atoms with Crippen molar-refractivity contribution >= 4 is 34.8 Å². The van der Waals surface area contributed by atoms with E-state index in [4.69, 9.17) is 0 Å². The van der Waals surface area contributed by atoms with Crippen molar-refractivity contribution in [3.8, 4) is 0 Å². The molecule has 1 aliphatic heterocycles. The molecule has 1 aromatic heterocycles. The van der Waals surface area contributed by atoms with E-state index < -0.39 is 11.1 Å².